The fraction of sp³-hybridized carbons (Fsp3) is 0.588. The van der Waals surface area contributed by atoms with Crippen molar-refractivity contribution < 1.29 is 14.3 Å². The zero-order chi connectivity index (χ0) is 17.2. The lowest BCUT2D eigenvalue weighted by atomic mass is 9.94. The largest absolute Gasteiger partial charge is 0.379 e. The maximum Gasteiger partial charge on any atom is 0.240 e. The van der Waals surface area contributed by atoms with Crippen molar-refractivity contribution in [1.82, 2.24) is 14.8 Å². The Morgan fingerprint density at radius 2 is 2.08 bits per heavy atom. The molecule has 24 heavy (non-hydrogen) atoms. The number of hydrogen-bond donors (Lipinski definition) is 1. The van der Waals surface area contributed by atoms with Crippen LogP contribution in [-0.4, -0.2) is 71.5 Å². The Hall–Kier alpha value is -1.99. The molecule has 0 radical (unpaired) electrons. The first-order chi connectivity index (χ1) is 11.5. The molecule has 1 unspecified atom stereocenters. The Morgan fingerprint density at radius 1 is 1.33 bits per heavy atom. The van der Waals surface area contributed by atoms with Crippen LogP contribution in [0.2, 0.25) is 0 Å². The molecule has 1 aromatic rings. The first kappa shape index (κ1) is 16.9. The van der Waals surface area contributed by atoms with Crippen LogP contribution in [-0.2, 0) is 20.7 Å². The number of ether oxygens (including phenoxy) is 1. The number of nitrogens with two attached hydrogens (primary N) is 1. The third-order valence-corrected chi connectivity index (χ3v) is 5.18. The van der Waals surface area contributed by atoms with Gasteiger partial charge in [-0.15, -0.1) is 0 Å². The summed E-state index contributed by atoms with van der Waals surface area (Å²) in [4.78, 5) is 32.5. The molecule has 3 rings (SSSR count). The summed E-state index contributed by atoms with van der Waals surface area (Å²) in [6.45, 7) is 5.39. The van der Waals surface area contributed by atoms with Crippen molar-refractivity contribution in [3.63, 3.8) is 0 Å². The van der Waals surface area contributed by atoms with Gasteiger partial charge in [-0.25, -0.2) is 0 Å². The van der Waals surface area contributed by atoms with Crippen molar-refractivity contribution in [2.24, 2.45) is 5.73 Å². The van der Waals surface area contributed by atoms with Gasteiger partial charge in [0.1, 0.15) is 5.54 Å². The Morgan fingerprint density at radius 3 is 2.67 bits per heavy atom. The van der Waals surface area contributed by atoms with Crippen molar-refractivity contribution in [3.8, 4) is 0 Å². The molecule has 1 atom stereocenters. The summed E-state index contributed by atoms with van der Waals surface area (Å²) in [7, 11) is 0. The van der Waals surface area contributed by atoms with Crippen LogP contribution in [0.4, 0.5) is 0 Å². The molecule has 2 amide bonds. The normalized spacial score (nSPS) is 25.0. The maximum absolute atomic E-state index is 12.5. The molecule has 0 spiro atoms. The first-order valence-corrected chi connectivity index (χ1v) is 8.33. The number of amides is 2. The van der Waals surface area contributed by atoms with E-state index in [9.17, 15) is 9.59 Å². The Bertz CT molecular complexity index is 620. The molecule has 7 nitrogen and oxygen atoms in total. The first-order valence-electron chi connectivity index (χ1n) is 8.33. The van der Waals surface area contributed by atoms with Crippen molar-refractivity contribution in [3.05, 3.63) is 29.6 Å². The molecule has 3 heterocycles. The maximum atomic E-state index is 12.5. The van der Waals surface area contributed by atoms with Gasteiger partial charge in [0, 0.05) is 51.6 Å². The minimum Gasteiger partial charge on any atom is -0.379 e. The zero-order valence-electron chi connectivity index (χ0n) is 14.0. The highest BCUT2D eigenvalue weighted by Gasteiger charge is 2.47. The van der Waals surface area contributed by atoms with Crippen LogP contribution in [0.15, 0.2) is 18.5 Å². The summed E-state index contributed by atoms with van der Waals surface area (Å²) in [6, 6.07) is 1.89. The van der Waals surface area contributed by atoms with Crippen molar-refractivity contribution in [1.29, 1.82) is 0 Å². The molecule has 1 aromatic heterocycles. The van der Waals surface area contributed by atoms with Crippen molar-refractivity contribution >= 4 is 11.8 Å². The van der Waals surface area contributed by atoms with E-state index in [2.05, 4.69) is 9.88 Å². The third kappa shape index (κ3) is 3.14. The van der Waals surface area contributed by atoms with Crippen molar-refractivity contribution in [2.45, 2.75) is 25.3 Å². The lowest BCUT2D eigenvalue weighted by molar-refractivity contribution is -0.137. The molecule has 0 bridgehead atoms. The molecule has 2 saturated heterocycles. The number of aryl methyl sites for hydroxylation is 1. The molecule has 0 saturated carbocycles. The predicted molar refractivity (Wildman–Crippen MR) is 88.2 cm³/mol. The van der Waals surface area contributed by atoms with Gasteiger partial charge in [0.05, 0.1) is 13.0 Å². The molecular weight excluding hydrogens is 308 g/mol. The molecule has 2 aliphatic rings. The number of primary amides is 1. The number of nitrogens with zero attached hydrogens (tertiary/aromatic N) is 3. The number of rotatable bonds is 4. The summed E-state index contributed by atoms with van der Waals surface area (Å²) in [5, 5.41) is 0. The number of piperazine rings is 1. The van der Waals surface area contributed by atoms with Gasteiger partial charge in [-0.2, -0.15) is 0 Å². The summed E-state index contributed by atoms with van der Waals surface area (Å²) >= 11 is 0. The number of carbonyl (C=O) groups is 2. The average Bonchev–Trinajstić information content (AvgIpc) is 3.08. The van der Waals surface area contributed by atoms with Crippen LogP contribution in [0.1, 0.15) is 17.5 Å². The molecule has 2 fully saturated rings. The number of aromatic nitrogens is 1. The van der Waals surface area contributed by atoms with Gasteiger partial charge in [0.25, 0.3) is 0 Å². The second-order valence-corrected chi connectivity index (χ2v) is 6.55. The Kier molecular flexibility index (Phi) is 4.82. The second kappa shape index (κ2) is 6.86. The monoisotopic (exact) mass is 332 g/mol. The van der Waals surface area contributed by atoms with Crippen LogP contribution >= 0.6 is 0 Å². The molecule has 2 aliphatic heterocycles. The Balaban J connectivity index is 1.60. The number of pyridine rings is 1. The fourth-order valence-corrected chi connectivity index (χ4v) is 3.51. The fourth-order valence-electron chi connectivity index (χ4n) is 3.51. The molecule has 2 N–H and O–H groups in total. The van der Waals surface area contributed by atoms with Gasteiger partial charge in [0.2, 0.25) is 11.8 Å². The van der Waals surface area contributed by atoms with E-state index in [1.165, 1.54) is 0 Å². The SMILES string of the molecule is Cc1cnccc1CC(=O)N1CCN(C2(C(N)=O)CCOC2)CC1. The minimum absolute atomic E-state index is 0.111. The lowest BCUT2D eigenvalue weighted by Crippen LogP contribution is -2.63. The van der Waals surface area contributed by atoms with Gasteiger partial charge >= 0.3 is 0 Å². The van der Waals surface area contributed by atoms with E-state index in [1.54, 1.807) is 12.4 Å². The van der Waals surface area contributed by atoms with E-state index in [0.717, 1.165) is 11.1 Å². The predicted octanol–water partition coefficient (Wildman–Crippen LogP) is -0.279. The highest BCUT2D eigenvalue weighted by molar-refractivity contribution is 5.85. The molecular formula is C17H24N4O3. The van der Waals surface area contributed by atoms with E-state index in [0.29, 0.717) is 52.2 Å². The zero-order valence-corrected chi connectivity index (χ0v) is 14.0. The van der Waals surface area contributed by atoms with E-state index < -0.39 is 5.54 Å². The number of carbonyl (C=O) groups excluding carboxylic acids is 2. The van der Waals surface area contributed by atoms with Gasteiger partial charge in [-0.3, -0.25) is 19.5 Å². The second-order valence-electron chi connectivity index (χ2n) is 6.55. The van der Waals surface area contributed by atoms with Crippen LogP contribution in [0, 0.1) is 6.92 Å². The lowest BCUT2D eigenvalue weighted by Gasteiger charge is -2.43. The highest BCUT2D eigenvalue weighted by atomic mass is 16.5. The van der Waals surface area contributed by atoms with E-state index in [-0.39, 0.29) is 11.8 Å². The summed E-state index contributed by atoms with van der Waals surface area (Å²) in [6.07, 6.45) is 4.51. The third-order valence-electron chi connectivity index (χ3n) is 5.18. The molecule has 0 aliphatic carbocycles. The summed E-state index contributed by atoms with van der Waals surface area (Å²) in [5.74, 6) is -0.216. The smallest absolute Gasteiger partial charge is 0.240 e. The quantitative estimate of drug-likeness (QED) is 0.819. The minimum atomic E-state index is -0.698. The van der Waals surface area contributed by atoms with Gasteiger partial charge in [-0.1, -0.05) is 0 Å². The molecule has 130 valence electrons. The summed E-state index contributed by atoms with van der Waals surface area (Å²) in [5.41, 5.74) is 6.97. The van der Waals surface area contributed by atoms with Crippen LogP contribution in [0.3, 0.4) is 0 Å². The highest BCUT2D eigenvalue weighted by Crippen LogP contribution is 2.27. The van der Waals surface area contributed by atoms with E-state index >= 15 is 0 Å². The molecule has 7 heteroatoms. The average molecular weight is 332 g/mol. The van der Waals surface area contributed by atoms with E-state index in [1.807, 2.05) is 17.9 Å². The van der Waals surface area contributed by atoms with Crippen molar-refractivity contribution in [2.75, 3.05) is 39.4 Å². The van der Waals surface area contributed by atoms with Crippen LogP contribution in [0.5, 0.6) is 0 Å². The van der Waals surface area contributed by atoms with Gasteiger partial charge < -0.3 is 15.4 Å². The number of hydrogen-bond acceptors (Lipinski definition) is 5. The molecule has 0 aromatic carbocycles. The summed E-state index contributed by atoms with van der Waals surface area (Å²) < 4.78 is 5.41. The van der Waals surface area contributed by atoms with E-state index in [4.69, 9.17) is 10.5 Å². The van der Waals surface area contributed by atoms with Crippen LogP contribution in [0.25, 0.3) is 0 Å². The van der Waals surface area contributed by atoms with Gasteiger partial charge in [0.15, 0.2) is 0 Å². The van der Waals surface area contributed by atoms with Gasteiger partial charge in [-0.05, 0) is 24.1 Å². The van der Waals surface area contributed by atoms with Crippen LogP contribution < -0.4 is 5.73 Å². The Labute approximate surface area is 141 Å². The topological polar surface area (TPSA) is 88.8 Å². The standard InChI is InChI=1S/C17H24N4O3/c1-13-11-19-4-2-14(13)10-15(22)20-5-7-21(8-6-20)17(16(18)23)3-9-24-12-17/h2,4,11H,3,5-10,12H2,1H3,(H2,18,23).